The predicted octanol–water partition coefficient (Wildman–Crippen LogP) is 3.01. The highest BCUT2D eigenvalue weighted by Gasteiger charge is 2.31. The van der Waals surface area contributed by atoms with Crippen molar-refractivity contribution in [2.75, 3.05) is 71.7 Å². The Labute approximate surface area is 430 Å². The van der Waals surface area contributed by atoms with Crippen LogP contribution in [0.1, 0.15) is 93.9 Å². The van der Waals surface area contributed by atoms with Crippen molar-refractivity contribution in [3.63, 3.8) is 0 Å². The first-order chi connectivity index (χ1) is 35.6. The largest absolute Gasteiger partial charge is 0.445 e. The lowest BCUT2D eigenvalue weighted by Crippen LogP contribution is -2.46. The van der Waals surface area contributed by atoms with Gasteiger partial charge in [0.1, 0.15) is 23.7 Å². The average molecular weight is 1030 g/mol. The van der Waals surface area contributed by atoms with Crippen LogP contribution in [0.2, 0.25) is 0 Å². The Morgan fingerprint density at radius 1 is 0.851 bits per heavy atom. The van der Waals surface area contributed by atoms with Gasteiger partial charge in [0.25, 0.3) is 0 Å². The Bertz CT molecular complexity index is 2510. The first-order valence-corrected chi connectivity index (χ1v) is 25.2. The van der Waals surface area contributed by atoms with E-state index in [0.717, 1.165) is 24.8 Å². The minimum atomic E-state index is -0.899. The number of nitrogens with two attached hydrogens (primary N) is 2. The second-order valence-corrected chi connectivity index (χ2v) is 18.5. The van der Waals surface area contributed by atoms with Crippen molar-refractivity contribution in [1.29, 1.82) is 0 Å². The minimum Gasteiger partial charge on any atom is -0.445 e. The van der Waals surface area contributed by atoms with Crippen LogP contribution in [-0.2, 0) is 69.0 Å². The molecule has 23 heteroatoms. The van der Waals surface area contributed by atoms with E-state index in [0.29, 0.717) is 86.4 Å². The van der Waals surface area contributed by atoms with Gasteiger partial charge < -0.3 is 61.0 Å². The quantitative estimate of drug-likeness (QED) is 0.0366. The van der Waals surface area contributed by atoms with E-state index >= 15 is 0 Å². The predicted molar refractivity (Wildman–Crippen MR) is 272 cm³/mol. The molecule has 23 nitrogen and oxygen atoms in total. The molecule has 404 valence electrons. The molecule has 5 amide bonds. The molecule has 74 heavy (non-hydrogen) atoms. The molecule has 3 heterocycles. The van der Waals surface area contributed by atoms with Gasteiger partial charge in [0.05, 0.1) is 77.7 Å². The van der Waals surface area contributed by atoms with Gasteiger partial charge in [-0.05, 0) is 67.7 Å². The van der Waals surface area contributed by atoms with Gasteiger partial charge in [-0.2, -0.15) is 0 Å². The number of imidazole rings is 1. The van der Waals surface area contributed by atoms with Crippen molar-refractivity contribution >= 4 is 52.5 Å². The zero-order valence-electron chi connectivity index (χ0n) is 43.0. The molecule has 5 rings (SSSR count). The van der Waals surface area contributed by atoms with E-state index in [1.54, 1.807) is 48.4 Å². The summed E-state index contributed by atoms with van der Waals surface area (Å²) < 4.78 is 29.1. The Morgan fingerprint density at radius 3 is 2.11 bits per heavy atom. The number of Topliss-reactive ketones (excluding diaryl/α,β-unsaturated/α-hetero) is 2. The maximum Gasteiger partial charge on any atom is 0.410 e. The highest BCUT2D eigenvalue weighted by Crippen LogP contribution is 2.27. The smallest absolute Gasteiger partial charge is 0.410 e. The van der Waals surface area contributed by atoms with Gasteiger partial charge in [-0.1, -0.05) is 44.2 Å². The Kier molecular flexibility index (Phi) is 23.9. The number of ketones is 2. The molecule has 0 bridgehead atoms. The SMILES string of the molecule is CC(=O)NCCOCCOCCOCCOCCC(=O)C[C@H](C(=O)N[C@@H](CCCNC(N)=O)C(=O)Cc1ccc(COC(=O)N(Cc2ccc(Cn3c(=O)[nH]c4c(N)nc(C)nc43)nc2)C2CCC2)cc1)C(C)C. The second kappa shape index (κ2) is 30.4. The number of aryl methyl sites for hydroxylation is 1. The summed E-state index contributed by atoms with van der Waals surface area (Å²) >= 11 is 0. The molecule has 0 spiro atoms. The van der Waals surface area contributed by atoms with Crippen molar-refractivity contribution in [2.45, 2.75) is 111 Å². The van der Waals surface area contributed by atoms with Crippen LogP contribution in [0.4, 0.5) is 15.4 Å². The van der Waals surface area contributed by atoms with Crippen LogP contribution in [0.25, 0.3) is 11.2 Å². The number of nitrogens with zero attached hydrogens (tertiary/aromatic N) is 5. The molecule has 0 aliphatic heterocycles. The van der Waals surface area contributed by atoms with Gasteiger partial charge in [-0.25, -0.2) is 24.4 Å². The second-order valence-electron chi connectivity index (χ2n) is 18.5. The van der Waals surface area contributed by atoms with Crippen molar-refractivity contribution in [2.24, 2.45) is 17.6 Å². The van der Waals surface area contributed by atoms with Gasteiger partial charge in [0.2, 0.25) is 11.8 Å². The molecule has 1 aliphatic carbocycles. The van der Waals surface area contributed by atoms with Gasteiger partial charge in [0.15, 0.2) is 17.2 Å². The van der Waals surface area contributed by atoms with Gasteiger partial charge in [-0.15, -0.1) is 0 Å². The number of anilines is 1. The normalized spacial score (nSPS) is 13.3. The summed E-state index contributed by atoms with van der Waals surface area (Å²) in [5.41, 5.74) is 14.4. The molecular formula is C51H73N11O12. The number of fused-ring (bicyclic) bond motifs is 1. The molecule has 2 atom stereocenters. The molecule has 3 aromatic heterocycles. The molecule has 0 unspecified atom stereocenters. The third-order valence-electron chi connectivity index (χ3n) is 12.4. The number of rotatable bonds is 34. The number of H-pyrrole nitrogens is 1. The molecule has 1 fully saturated rings. The zero-order chi connectivity index (χ0) is 53.4. The van der Waals surface area contributed by atoms with Crippen LogP contribution in [0, 0.1) is 18.8 Å². The van der Waals surface area contributed by atoms with Crippen LogP contribution < -0.4 is 33.1 Å². The van der Waals surface area contributed by atoms with Crippen LogP contribution >= 0.6 is 0 Å². The molecule has 8 N–H and O–H groups in total. The number of primary amides is 1. The number of hydrogen-bond acceptors (Lipinski definition) is 16. The fraction of sp³-hybridized carbons (Fsp3) is 0.569. The number of aromatic nitrogens is 5. The van der Waals surface area contributed by atoms with Crippen molar-refractivity contribution in [3.05, 3.63) is 81.3 Å². The third kappa shape index (κ3) is 19.6. The van der Waals surface area contributed by atoms with Crippen molar-refractivity contribution < 1.29 is 52.5 Å². The number of ether oxygens (including phenoxy) is 5. The van der Waals surface area contributed by atoms with Gasteiger partial charge in [0, 0.05) is 57.4 Å². The molecule has 1 aromatic carbocycles. The summed E-state index contributed by atoms with van der Waals surface area (Å²) in [6.07, 6.45) is 4.59. The monoisotopic (exact) mass is 1030 g/mol. The van der Waals surface area contributed by atoms with E-state index in [1.807, 2.05) is 19.9 Å². The third-order valence-corrected chi connectivity index (χ3v) is 12.4. The first kappa shape index (κ1) is 58.1. The van der Waals surface area contributed by atoms with Crippen molar-refractivity contribution in [1.82, 2.24) is 45.4 Å². The lowest BCUT2D eigenvalue weighted by Gasteiger charge is -2.36. The fourth-order valence-electron chi connectivity index (χ4n) is 7.99. The van der Waals surface area contributed by atoms with E-state index in [2.05, 4.69) is 35.9 Å². The maximum atomic E-state index is 13.8. The average Bonchev–Trinajstić information content (AvgIpc) is 3.65. The summed E-state index contributed by atoms with van der Waals surface area (Å²) in [5.74, 6) is -1.19. The standard InChI is InChI=1S/C51H73N11O12/c1-33(2)42(28-41(64)16-19-70-21-23-72-25-26-73-24-22-71-20-18-54-35(4)63)48(66)59-43(9-6-17-55-49(53)67)44(65)27-36-10-12-37(13-11-36)32-74-51(69)61(40-7-5-8-40)30-38-14-15-39(56-29-38)31-62-47-45(60-50(62)68)46(52)57-34(3)58-47/h10-15,29,33,40,42-43H,5-9,16-28,30-32H2,1-4H3,(H,54,63)(H,59,66)(H,60,68)(H2,52,57,58)(H3,53,55,67)/t42-,43-/m0/s1. The number of amides is 5. The number of pyridine rings is 1. The Balaban J connectivity index is 1.06. The summed E-state index contributed by atoms with van der Waals surface area (Å²) in [7, 11) is 0. The molecule has 1 aliphatic rings. The molecular weight excluding hydrogens is 959 g/mol. The highest BCUT2D eigenvalue weighted by molar-refractivity contribution is 5.93. The number of urea groups is 1. The van der Waals surface area contributed by atoms with Crippen molar-refractivity contribution in [3.8, 4) is 0 Å². The number of carbonyl (C=O) groups excluding carboxylic acids is 6. The van der Waals surface area contributed by atoms with E-state index in [4.69, 9.17) is 35.2 Å². The number of aromatic amines is 1. The van der Waals surface area contributed by atoms with E-state index in [-0.39, 0.29) is 106 Å². The van der Waals surface area contributed by atoms with E-state index < -0.39 is 30.0 Å². The van der Waals surface area contributed by atoms with Crippen LogP contribution in [0.15, 0.2) is 47.4 Å². The van der Waals surface area contributed by atoms with Crippen LogP contribution in [0.5, 0.6) is 0 Å². The molecule has 4 aromatic rings. The summed E-state index contributed by atoms with van der Waals surface area (Å²) in [6.45, 7) is 10.7. The maximum absolute atomic E-state index is 13.8. The summed E-state index contributed by atoms with van der Waals surface area (Å²) in [5, 5.41) is 8.05. The lowest BCUT2D eigenvalue weighted by molar-refractivity contribution is -0.134. The van der Waals surface area contributed by atoms with E-state index in [9.17, 15) is 33.6 Å². The molecule has 1 saturated carbocycles. The number of nitrogens with one attached hydrogen (secondary N) is 4. The van der Waals surface area contributed by atoms with Crippen LogP contribution in [-0.4, -0.2) is 143 Å². The topological polar surface area (TPSA) is 316 Å². The van der Waals surface area contributed by atoms with Crippen LogP contribution in [0.3, 0.4) is 0 Å². The number of hydrogen-bond donors (Lipinski definition) is 6. The first-order valence-electron chi connectivity index (χ1n) is 25.2. The Hall–Kier alpha value is -6.82. The van der Waals surface area contributed by atoms with Gasteiger partial charge >= 0.3 is 17.8 Å². The number of nitrogen functional groups attached to an aromatic ring is 1. The number of carbonyl (C=O) groups is 6. The minimum absolute atomic E-state index is 0.000184. The highest BCUT2D eigenvalue weighted by atomic mass is 16.6. The van der Waals surface area contributed by atoms with E-state index in [1.165, 1.54) is 11.5 Å². The zero-order valence-corrected chi connectivity index (χ0v) is 43.0. The molecule has 0 saturated heterocycles. The number of benzene rings is 1. The fourth-order valence-corrected chi connectivity index (χ4v) is 7.99. The molecule has 0 radical (unpaired) electrons. The summed E-state index contributed by atoms with van der Waals surface area (Å²) in [4.78, 5) is 106. The van der Waals surface area contributed by atoms with Gasteiger partial charge in [-0.3, -0.25) is 28.7 Å². The summed E-state index contributed by atoms with van der Waals surface area (Å²) in [6, 6.07) is 9.21. The lowest BCUT2D eigenvalue weighted by atomic mass is 9.88. The Morgan fingerprint density at radius 2 is 1.50 bits per heavy atom.